The van der Waals surface area contributed by atoms with Crippen molar-refractivity contribution in [2.24, 2.45) is 23.2 Å². The minimum absolute atomic E-state index is 0.323. The summed E-state index contributed by atoms with van der Waals surface area (Å²) in [6, 6.07) is 0.416. The molecule has 5 unspecified atom stereocenters. The van der Waals surface area contributed by atoms with Crippen LogP contribution in [0.3, 0.4) is 0 Å². The Kier molecular flexibility index (Phi) is 3.47. The SMILES string of the molecule is [C-]#[N+]C(C#N)C(C(C=N)[N+]#[C-])C12CC3CC(CC(O)(C3)C1)C2. The fourth-order valence-corrected chi connectivity index (χ4v) is 5.97. The van der Waals surface area contributed by atoms with Crippen LogP contribution in [-0.2, 0) is 0 Å². The summed E-state index contributed by atoms with van der Waals surface area (Å²) in [5, 5.41) is 27.9. The van der Waals surface area contributed by atoms with Gasteiger partial charge >= 0.3 is 6.04 Å². The lowest BCUT2D eigenvalue weighted by atomic mass is 9.43. The van der Waals surface area contributed by atoms with E-state index in [4.69, 9.17) is 18.6 Å². The molecule has 2 N–H and O–H groups in total. The van der Waals surface area contributed by atoms with Crippen LogP contribution < -0.4 is 0 Å². The van der Waals surface area contributed by atoms with E-state index in [2.05, 4.69) is 15.8 Å². The number of hydrogen-bond donors (Lipinski definition) is 2. The molecule has 4 aliphatic rings. The fourth-order valence-electron chi connectivity index (χ4n) is 5.97. The van der Waals surface area contributed by atoms with Crippen LogP contribution in [0.4, 0.5) is 0 Å². The minimum Gasteiger partial charge on any atom is -0.390 e. The second-order valence-electron chi connectivity index (χ2n) is 7.56. The molecular weight excluding hydrogens is 276 g/mol. The summed E-state index contributed by atoms with van der Waals surface area (Å²) < 4.78 is 0. The van der Waals surface area contributed by atoms with Gasteiger partial charge in [0.25, 0.3) is 6.04 Å². The zero-order valence-electron chi connectivity index (χ0n) is 12.5. The van der Waals surface area contributed by atoms with Crippen LogP contribution in [0.5, 0.6) is 0 Å². The van der Waals surface area contributed by atoms with Gasteiger partial charge in [-0.3, -0.25) is 4.85 Å². The maximum absolute atomic E-state index is 10.9. The van der Waals surface area contributed by atoms with Crippen molar-refractivity contribution < 1.29 is 5.11 Å². The summed E-state index contributed by atoms with van der Waals surface area (Å²) in [7, 11) is 0. The molecule has 0 aromatic carbocycles. The van der Waals surface area contributed by atoms with Crippen molar-refractivity contribution in [3.63, 3.8) is 0 Å². The molecule has 4 fully saturated rings. The van der Waals surface area contributed by atoms with Crippen molar-refractivity contribution in [3.8, 4) is 6.07 Å². The van der Waals surface area contributed by atoms with Crippen LogP contribution in [0, 0.1) is 53.1 Å². The van der Waals surface area contributed by atoms with E-state index in [0.717, 1.165) is 38.3 Å². The molecule has 0 aliphatic heterocycles. The van der Waals surface area contributed by atoms with Gasteiger partial charge in [-0.2, -0.15) is 5.26 Å². The Balaban J connectivity index is 2.04. The fraction of sp³-hybridized carbons (Fsp3) is 0.765. The van der Waals surface area contributed by atoms with Gasteiger partial charge in [0.15, 0.2) is 6.07 Å². The van der Waals surface area contributed by atoms with Crippen LogP contribution in [0.15, 0.2) is 0 Å². The predicted octanol–water partition coefficient (Wildman–Crippen LogP) is 2.68. The van der Waals surface area contributed by atoms with Crippen LogP contribution in [0.1, 0.15) is 38.5 Å². The number of aliphatic hydroxyl groups is 1. The average Bonchev–Trinajstić information content (AvgIpc) is 2.45. The first-order valence-corrected chi connectivity index (χ1v) is 7.85. The van der Waals surface area contributed by atoms with Crippen LogP contribution in [-0.4, -0.2) is 29.0 Å². The van der Waals surface area contributed by atoms with Gasteiger partial charge in [0.05, 0.1) is 11.8 Å². The van der Waals surface area contributed by atoms with Gasteiger partial charge in [-0.1, -0.05) is 0 Å². The van der Waals surface area contributed by atoms with E-state index in [1.807, 2.05) is 0 Å². The highest BCUT2D eigenvalue weighted by Gasteiger charge is 2.64. The van der Waals surface area contributed by atoms with E-state index in [-0.39, 0.29) is 5.41 Å². The highest BCUT2D eigenvalue weighted by molar-refractivity contribution is 5.64. The standard InChI is InChI=1S/C17H20N4O/c1-20-13(8-18)15(14(9-19)21-2)16-4-11-3-12(5-16)7-17(22,6-11)10-16/h8,11-15,18,22H,3-7,10H2. The van der Waals surface area contributed by atoms with Gasteiger partial charge in [-0.05, 0) is 55.8 Å². The number of nitrogens with zero attached hydrogens (tertiary/aromatic N) is 3. The zero-order valence-corrected chi connectivity index (χ0v) is 12.5. The van der Waals surface area contributed by atoms with E-state index in [0.29, 0.717) is 18.3 Å². The molecule has 0 amide bonds. The molecule has 0 aromatic rings. The number of hydrogen-bond acceptors (Lipinski definition) is 3. The summed E-state index contributed by atoms with van der Waals surface area (Å²) in [5.41, 5.74) is -1.00. The van der Waals surface area contributed by atoms with E-state index in [1.165, 1.54) is 0 Å². The number of nitrogens with one attached hydrogen (secondary N) is 1. The van der Waals surface area contributed by atoms with Gasteiger partial charge in [0, 0.05) is 0 Å². The second-order valence-corrected chi connectivity index (χ2v) is 7.56. The third kappa shape index (κ3) is 2.11. The van der Waals surface area contributed by atoms with Crippen LogP contribution in [0.2, 0.25) is 0 Å². The molecule has 114 valence electrons. The third-order valence-corrected chi connectivity index (χ3v) is 6.08. The molecule has 4 aliphatic carbocycles. The molecular formula is C17H20N4O. The van der Waals surface area contributed by atoms with E-state index < -0.39 is 23.6 Å². The quantitative estimate of drug-likeness (QED) is 0.618. The topological polar surface area (TPSA) is 76.6 Å². The number of nitriles is 1. The molecule has 0 radical (unpaired) electrons. The Morgan fingerprint density at radius 3 is 2.27 bits per heavy atom. The maximum Gasteiger partial charge on any atom is 0.318 e. The molecule has 0 spiro atoms. The maximum atomic E-state index is 10.9. The molecule has 4 rings (SSSR count). The molecule has 0 aromatic heterocycles. The summed E-state index contributed by atoms with van der Waals surface area (Å²) >= 11 is 0. The Hall–Kier alpha value is -1.90. The molecule has 22 heavy (non-hydrogen) atoms. The second kappa shape index (κ2) is 5.08. The summed E-state index contributed by atoms with van der Waals surface area (Å²) in [6.07, 6.45) is 6.23. The third-order valence-electron chi connectivity index (χ3n) is 6.08. The Morgan fingerprint density at radius 2 is 1.86 bits per heavy atom. The number of rotatable bonds is 4. The first-order valence-electron chi connectivity index (χ1n) is 7.85. The van der Waals surface area contributed by atoms with Gasteiger partial charge in [-0.25, -0.2) is 13.1 Å². The molecule has 5 nitrogen and oxygen atoms in total. The lowest BCUT2D eigenvalue weighted by molar-refractivity contribution is -0.180. The molecule has 0 saturated heterocycles. The highest BCUT2D eigenvalue weighted by Crippen LogP contribution is 2.65. The zero-order chi connectivity index (χ0) is 16.0. The summed E-state index contributed by atoms with van der Waals surface area (Å²) in [4.78, 5) is 7.00. The van der Waals surface area contributed by atoms with Crippen LogP contribution >= 0.6 is 0 Å². The van der Waals surface area contributed by atoms with Gasteiger partial charge in [-0.15, -0.1) is 0 Å². The minimum atomic E-state index is -0.902. The monoisotopic (exact) mass is 296 g/mol. The van der Waals surface area contributed by atoms with Crippen molar-refractivity contribution in [1.82, 2.24) is 0 Å². The highest BCUT2D eigenvalue weighted by atomic mass is 16.3. The molecule has 4 saturated carbocycles. The molecule has 5 heteroatoms. The average molecular weight is 296 g/mol. The van der Waals surface area contributed by atoms with E-state index >= 15 is 0 Å². The Bertz CT molecular complexity index is 580. The summed E-state index contributed by atoms with van der Waals surface area (Å²) in [6.45, 7) is 14.7. The smallest absolute Gasteiger partial charge is 0.318 e. The molecule has 5 atom stereocenters. The first kappa shape index (κ1) is 15.0. The first-order chi connectivity index (χ1) is 10.5. The van der Waals surface area contributed by atoms with E-state index in [9.17, 15) is 10.4 Å². The van der Waals surface area contributed by atoms with E-state index in [1.54, 1.807) is 0 Å². The molecule has 0 heterocycles. The summed E-state index contributed by atoms with van der Waals surface area (Å²) in [5.74, 6) is 0.425. The largest absolute Gasteiger partial charge is 0.390 e. The van der Waals surface area contributed by atoms with Gasteiger partial charge in [0.1, 0.15) is 5.92 Å². The van der Waals surface area contributed by atoms with Crippen LogP contribution in [0.25, 0.3) is 9.69 Å². The van der Waals surface area contributed by atoms with Gasteiger partial charge in [0.2, 0.25) is 0 Å². The lowest BCUT2D eigenvalue weighted by Gasteiger charge is -2.61. The lowest BCUT2D eigenvalue weighted by Crippen LogP contribution is -2.60. The van der Waals surface area contributed by atoms with Crippen molar-refractivity contribution >= 4 is 6.21 Å². The van der Waals surface area contributed by atoms with Crippen molar-refractivity contribution in [1.29, 1.82) is 10.7 Å². The molecule has 4 bridgehead atoms. The van der Waals surface area contributed by atoms with Crippen molar-refractivity contribution in [2.75, 3.05) is 0 Å². The predicted molar refractivity (Wildman–Crippen MR) is 80.7 cm³/mol. The van der Waals surface area contributed by atoms with Crippen molar-refractivity contribution in [2.45, 2.75) is 56.2 Å². The van der Waals surface area contributed by atoms with Crippen molar-refractivity contribution in [3.05, 3.63) is 22.8 Å². The Morgan fingerprint density at radius 1 is 1.23 bits per heavy atom. The normalized spacial score (nSPS) is 42.5. The Labute approximate surface area is 131 Å². The van der Waals surface area contributed by atoms with Gasteiger partial charge < -0.3 is 15.4 Å².